The lowest BCUT2D eigenvalue weighted by Crippen LogP contribution is -2.05. The van der Waals surface area contributed by atoms with Crippen LogP contribution in [-0.4, -0.2) is 25.2 Å². The van der Waals surface area contributed by atoms with Crippen molar-refractivity contribution in [3.63, 3.8) is 0 Å². The smallest absolute Gasteiger partial charge is 0.331 e. The Bertz CT molecular complexity index is 375. The molecule has 0 aliphatic carbocycles. The van der Waals surface area contributed by atoms with Crippen LogP contribution >= 0.6 is 7.60 Å². The summed E-state index contributed by atoms with van der Waals surface area (Å²) >= 11 is 0. The monoisotopic (exact) mass is 260 g/mol. The lowest BCUT2D eigenvalue weighted by molar-refractivity contribution is 0.0958. The fraction of sp³-hybridized carbons (Fsp3) is 0.545. The highest BCUT2D eigenvalue weighted by molar-refractivity contribution is 7.53. The highest BCUT2D eigenvalue weighted by Gasteiger charge is 2.25. The molecule has 5 nitrogen and oxygen atoms in total. The maximum Gasteiger partial charge on any atom is 0.331 e. The predicted molar refractivity (Wildman–Crippen MR) is 63.4 cm³/mol. The molecule has 17 heavy (non-hydrogen) atoms. The van der Waals surface area contributed by atoms with Crippen LogP contribution < -0.4 is 0 Å². The summed E-state index contributed by atoms with van der Waals surface area (Å²) in [5.41, 5.74) is 0. The maximum absolute atomic E-state index is 12.1. The van der Waals surface area contributed by atoms with Gasteiger partial charge < -0.3 is 13.5 Å². The molecule has 0 aliphatic heterocycles. The maximum atomic E-state index is 12.1. The summed E-state index contributed by atoms with van der Waals surface area (Å²) in [6.45, 7) is 4.07. The van der Waals surface area contributed by atoms with Gasteiger partial charge in [-0.1, -0.05) is 0 Å². The van der Waals surface area contributed by atoms with Crippen molar-refractivity contribution < 1.29 is 22.8 Å². The van der Waals surface area contributed by atoms with Gasteiger partial charge in [0.1, 0.15) is 0 Å². The fourth-order valence-corrected chi connectivity index (χ4v) is 2.96. The first kappa shape index (κ1) is 14.2. The van der Waals surface area contributed by atoms with Crippen LogP contribution in [0.25, 0.3) is 0 Å². The van der Waals surface area contributed by atoms with Crippen LogP contribution in [0.1, 0.15) is 30.8 Å². The second-order valence-electron chi connectivity index (χ2n) is 3.32. The molecule has 96 valence electrons. The Labute approximate surface area is 101 Å². The van der Waals surface area contributed by atoms with Gasteiger partial charge in [0.05, 0.1) is 25.6 Å². The van der Waals surface area contributed by atoms with E-state index in [0.29, 0.717) is 13.2 Å². The van der Waals surface area contributed by atoms with Gasteiger partial charge in [-0.05, 0) is 26.0 Å². The second-order valence-corrected chi connectivity index (χ2v) is 5.51. The Morgan fingerprint density at radius 1 is 1.35 bits per heavy atom. The quantitative estimate of drug-likeness (QED) is 0.530. The molecular formula is C11H17O5P. The number of ketones is 1. The summed E-state index contributed by atoms with van der Waals surface area (Å²) in [4.78, 5) is 11.6. The first-order valence-corrected chi connectivity index (χ1v) is 7.29. The molecule has 0 saturated heterocycles. The second kappa shape index (κ2) is 6.74. The van der Waals surface area contributed by atoms with Gasteiger partial charge in [-0.25, -0.2) is 0 Å². The topological polar surface area (TPSA) is 65.7 Å². The van der Waals surface area contributed by atoms with Crippen molar-refractivity contribution in [3.05, 3.63) is 24.2 Å². The Kier molecular flexibility index (Phi) is 5.62. The van der Waals surface area contributed by atoms with Gasteiger partial charge in [-0.15, -0.1) is 0 Å². The van der Waals surface area contributed by atoms with E-state index in [2.05, 4.69) is 0 Å². The standard InChI is InChI=1S/C11H17O5P/c1-3-15-17(13,16-4-2)9-7-10(12)11-6-5-8-14-11/h5-6,8H,3-4,7,9H2,1-2H3. The van der Waals surface area contributed by atoms with Crippen molar-refractivity contribution in [1.29, 1.82) is 0 Å². The Hall–Kier alpha value is -0.900. The summed E-state index contributed by atoms with van der Waals surface area (Å²) in [5.74, 6) is 0.0687. The minimum absolute atomic E-state index is 0.0776. The Balaban J connectivity index is 2.52. The first-order valence-electron chi connectivity index (χ1n) is 5.56. The molecule has 1 aromatic rings. The third-order valence-corrected chi connectivity index (χ3v) is 4.13. The molecule has 0 saturated carbocycles. The molecular weight excluding hydrogens is 243 g/mol. The van der Waals surface area contributed by atoms with Crippen LogP contribution in [0, 0.1) is 0 Å². The number of hydrogen-bond acceptors (Lipinski definition) is 5. The van der Waals surface area contributed by atoms with Gasteiger partial charge in [-0.2, -0.15) is 0 Å². The van der Waals surface area contributed by atoms with Gasteiger partial charge in [0.15, 0.2) is 11.5 Å². The SMILES string of the molecule is CCOP(=O)(CCC(=O)c1ccco1)OCC. The molecule has 0 N–H and O–H groups in total. The zero-order valence-electron chi connectivity index (χ0n) is 10.0. The number of carbonyl (C=O) groups excluding carboxylic acids is 1. The highest BCUT2D eigenvalue weighted by Crippen LogP contribution is 2.48. The number of hydrogen-bond donors (Lipinski definition) is 0. The van der Waals surface area contributed by atoms with Gasteiger partial charge >= 0.3 is 7.60 Å². The van der Waals surface area contributed by atoms with E-state index >= 15 is 0 Å². The van der Waals surface area contributed by atoms with Crippen LogP contribution in [0.15, 0.2) is 22.8 Å². The van der Waals surface area contributed by atoms with E-state index in [1.165, 1.54) is 6.26 Å². The van der Waals surface area contributed by atoms with Gasteiger partial charge in [-0.3, -0.25) is 9.36 Å². The fourth-order valence-electron chi connectivity index (χ4n) is 1.36. The van der Waals surface area contributed by atoms with E-state index in [4.69, 9.17) is 13.5 Å². The molecule has 0 atom stereocenters. The van der Waals surface area contributed by atoms with Gasteiger partial charge in [0.2, 0.25) is 0 Å². The van der Waals surface area contributed by atoms with Crippen molar-refractivity contribution in [1.82, 2.24) is 0 Å². The largest absolute Gasteiger partial charge is 0.461 e. The van der Waals surface area contributed by atoms with Crippen molar-refractivity contribution in [2.75, 3.05) is 19.4 Å². The molecule has 0 bridgehead atoms. The summed E-state index contributed by atoms with van der Waals surface area (Å²) in [6.07, 6.45) is 1.59. The summed E-state index contributed by atoms with van der Waals surface area (Å²) in [7, 11) is -3.14. The first-order chi connectivity index (χ1) is 8.11. The Morgan fingerprint density at radius 3 is 2.47 bits per heavy atom. The van der Waals surface area contributed by atoms with E-state index in [0.717, 1.165) is 0 Å². The average Bonchev–Trinajstić information content (AvgIpc) is 2.80. The molecule has 0 amide bonds. The molecule has 1 rings (SSSR count). The minimum atomic E-state index is -3.14. The summed E-state index contributed by atoms with van der Waals surface area (Å²) in [5, 5.41) is 0. The van der Waals surface area contributed by atoms with Gasteiger partial charge in [0, 0.05) is 6.42 Å². The molecule has 1 heterocycles. The van der Waals surface area contributed by atoms with E-state index < -0.39 is 7.60 Å². The predicted octanol–water partition coefficient (Wildman–Crippen LogP) is 3.12. The number of Topliss-reactive ketones (excluding diaryl/α,β-unsaturated/α-hetero) is 1. The van der Waals surface area contributed by atoms with Crippen molar-refractivity contribution >= 4 is 13.4 Å². The summed E-state index contributed by atoms with van der Waals surface area (Å²) < 4.78 is 27.2. The zero-order valence-corrected chi connectivity index (χ0v) is 10.9. The molecule has 0 aromatic carbocycles. The van der Waals surface area contributed by atoms with E-state index in [-0.39, 0.29) is 24.1 Å². The van der Waals surface area contributed by atoms with E-state index in [1.807, 2.05) is 0 Å². The third-order valence-electron chi connectivity index (χ3n) is 2.06. The van der Waals surface area contributed by atoms with Crippen molar-refractivity contribution in [2.24, 2.45) is 0 Å². The normalized spacial score (nSPS) is 11.6. The minimum Gasteiger partial charge on any atom is -0.461 e. The average molecular weight is 260 g/mol. The lowest BCUT2D eigenvalue weighted by atomic mass is 10.2. The van der Waals surface area contributed by atoms with Crippen LogP contribution in [0.4, 0.5) is 0 Å². The van der Waals surface area contributed by atoms with Crippen molar-refractivity contribution in [3.8, 4) is 0 Å². The number of furan rings is 1. The van der Waals surface area contributed by atoms with Crippen LogP contribution in [0.5, 0.6) is 0 Å². The molecule has 0 radical (unpaired) electrons. The number of rotatable bonds is 8. The molecule has 0 spiro atoms. The zero-order chi connectivity index (χ0) is 12.7. The van der Waals surface area contributed by atoms with Crippen LogP contribution in [0.2, 0.25) is 0 Å². The number of carbonyl (C=O) groups is 1. The molecule has 1 aromatic heterocycles. The van der Waals surface area contributed by atoms with Crippen LogP contribution in [0.3, 0.4) is 0 Å². The molecule has 6 heteroatoms. The summed E-state index contributed by atoms with van der Waals surface area (Å²) in [6, 6.07) is 3.21. The molecule has 0 aliphatic rings. The molecule has 0 unspecified atom stereocenters. The lowest BCUT2D eigenvalue weighted by Gasteiger charge is -2.15. The van der Waals surface area contributed by atoms with E-state index in [9.17, 15) is 9.36 Å². The highest BCUT2D eigenvalue weighted by atomic mass is 31.2. The van der Waals surface area contributed by atoms with Gasteiger partial charge in [0.25, 0.3) is 0 Å². The van der Waals surface area contributed by atoms with E-state index in [1.54, 1.807) is 26.0 Å². The molecule has 0 fully saturated rings. The Morgan fingerprint density at radius 2 is 2.00 bits per heavy atom. The van der Waals surface area contributed by atoms with Crippen molar-refractivity contribution in [2.45, 2.75) is 20.3 Å². The van der Waals surface area contributed by atoms with Crippen LogP contribution in [-0.2, 0) is 13.6 Å². The third kappa shape index (κ3) is 4.46.